The van der Waals surface area contributed by atoms with Crippen LogP contribution >= 0.6 is 0 Å². The molecule has 0 saturated carbocycles. The average molecular weight is 349 g/mol. The van der Waals surface area contributed by atoms with Crippen molar-refractivity contribution in [2.45, 2.75) is 38.6 Å². The Morgan fingerprint density at radius 1 is 1.00 bits per heavy atom. The van der Waals surface area contributed by atoms with Crippen molar-refractivity contribution >= 4 is 5.96 Å². The number of ether oxygens (including phenoxy) is 1. The van der Waals surface area contributed by atoms with Gasteiger partial charge in [0.1, 0.15) is 5.75 Å². The van der Waals surface area contributed by atoms with Gasteiger partial charge in [-0.3, -0.25) is 4.99 Å². The quantitative estimate of drug-likeness (QED) is 0.379. The summed E-state index contributed by atoms with van der Waals surface area (Å²) in [5, 5.41) is 3.46. The summed E-state index contributed by atoms with van der Waals surface area (Å²) < 4.78 is 5.20. The molecule has 0 spiro atoms. The Bertz CT molecular complexity index is 485. The molecular weight excluding hydrogens is 312 g/mol. The molecule has 5 heteroatoms. The van der Waals surface area contributed by atoms with Gasteiger partial charge in [-0.2, -0.15) is 0 Å². The van der Waals surface area contributed by atoms with E-state index in [0.29, 0.717) is 0 Å². The molecule has 0 saturated heterocycles. The van der Waals surface area contributed by atoms with E-state index in [0.717, 1.165) is 24.8 Å². The van der Waals surface area contributed by atoms with Crippen molar-refractivity contribution in [3.05, 3.63) is 29.8 Å². The Morgan fingerprint density at radius 2 is 1.64 bits per heavy atom. The van der Waals surface area contributed by atoms with Gasteiger partial charge in [-0.15, -0.1) is 0 Å². The molecule has 25 heavy (non-hydrogen) atoms. The van der Waals surface area contributed by atoms with Gasteiger partial charge in [0.2, 0.25) is 0 Å². The van der Waals surface area contributed by atoms with E-state index in [1.54, 1.807) is 7.11 Å². The molecule has 1 aromatic rings. The molecule has 0 aliphatic carbocycles. The summed E-state index contributed by atoms with van der Waals surface area (Å²) in [6.45, 7) is 3.00. The number of methoxy groups -OCH3 is 1. The van der Waals surface area contributed by atoms with E-state index >= 15 is 0 Å². The fraction of sp³-hybridized carbons (Fsp3) is 0.650. The van der Waals surface area contributed by atoms with Crippen molar-refractivity contribution in [1.82, 2.24) is 15.1 Å². The van der Waals surface area contributed by atoms with E-state index in [1.807, 2.05) is 19.2 Å². The number of rotatable bonds is 11. The second kappa shape index (κ2) is 12.6. The molecular formula is C20H36N4O. The largest absolute Gasteiger partial charge is 0.497 e. The van der Waals surface area contributed by atoms with Gasteiger partial charge >= 0.3 is 0 Å². The van der Waals surface area contributed by atoms with Crippen molar-refractivity contribution in [2.24, 2.45) is 4.99 Å². The Kier molecular flexibility index (Phi) is 10.7. The summed E-state index contributed by atoms with van der Waals surface area (Å²) >= 11 is 0. The van der Waals surface area contributed by atoms with E-state index in [-0.39, 0.29) is 0 Å². The van der Waals surface area contributed by atoms with Gasteiger partial charge in [0.25, 0.3) is 0 Å². The predicted octanol–water partition coefficient (Wildman–Crippen LogP) is 3.21. The maximum atomic E-state index is 5.20. The highest BCUT2D eigenvalue weighted by Gasteiger charge is 2.06. The van der Waals surface area contributed by atoms with Crippen LogP contribution in [0.3, 0.4) is 0 Å². The van der Waals surface area contributed by atoms with Crippen LogP contribution < -0.4 is 10.1 Å². The van der Waals surface area contributed by atoms with Crippen LogP contribution in [0.25, 0.3) is 0 Å². The van der Waals surface area contributed by atoms with Gasteiger partial charge in [0.05, 0.1) is 7.11 Å². The van der Waals surface area contributed by atoms with Gasteiger partial charge in [0.15, 0.2) is 5.96 Å². The molecule has 0 fully saturated rings. The molecule has 0 unspecified atom stereocenters. The number of hydrogen-bond donors (Lipinski definition) is 1. The molecule has 5 nitrogen and oxygen atoms in total. The summed E-state index contributed by atoms with van der Waals surface area (Å²) in [5.74, 6) is 1.84. The third-order valence-corrected chi connectivity index (χ3v) is 4.22. The first kappa shape index (κ1) is 21.3. The number of hydrogen-bond acceptors (Lipinski definition) is 3. The van der Waals surface area contributed by atoms with Crippen molar-refractivity contribution < 1.29 is 4.74 Å². The summed E-state index contributed by atoms with van der Waals surface area (Å²) in [4.78, 5) is 8.79. The molecule has 0 aliphatic heterocycles. The third kappa shape index (κ3) is 9.34. The van der Waals surface area contributed by atoms with Crippen molar-refractivity contribution in [1.29, 1.82) is 0 Å². The lowest BCUT2D eigenvalue weighted by atomic mass is 10.1. The summed E-state index contributed by atoms with van der Waals surface area (Å²) in [6, 6.07) is 8.18. The normalized spacial score (nSPS) is 11.7. The van der Waals surface area contributed by atoms with Crippen LogP contribution in [0.1, 0.15) is 37.7 Å². The lowest BCUT2D eigenvalue weighted by Gasteiger charge is -2.22. The standard InChI is InChI=1S/C20H36N4O/c1-21-20(22-15-9-7-6-8-10-16-23(2)3)24(4)17-18-11-13-19(25-5)14-12-18/h11-14H,6-10,15-17H2,1-5H3,(H,21,22). The van der Waals surface area contributed by atoms with Gasteiger partial charge in [-0.25, -0.2) is 0 Å². The lowest BCUT2D eigenvalue weighted by molar-refractivity contribution is 0.389. The fourth-order valence-corrected chi connectivity index (χ4v) is 2.75. The van der Waals surface area contributed by atoms with Crippen LogP contribution in [-0.2, 0) is 6.54 Å². The second-order valence-electron chi connectivity index (χ2n) is 6.75. The Labute approximate surface area is 154 Å². The highest BCUT2D eigenvalue weighted by Crippen LogP contribution is 2.12. The number of nitrogens with one attached hydrogen (secondary N) is 1. The summed E-state index contributed by atoms with van der Waals surface area (Å²) in [7, 11) is 9.88. The monoisotopic (exact) mass is 348 g/mol. The zero-order valence-corrected chi connectivity index (χ0v) is 16.7. The first-order chi connectivity index (χ1) is 12.1. The minimum absolute atomic E-state index is 0.828. The van der Waals surface area contributed by atoms with E-state index in [1.165, 1.54) is 44.2 Å². The molecule has 0 bridgehead atoms. The molecule has 0 amide bonds. The van der Waals surface area contributed by atoms with Gasteiger partial charge in [-0.1, -0.05) is 31.4 Å². The van der Waals surface area contributed by atoms with Crippen LogP contribution in [0, 0.1) is 0 Å². The van der Waals surface area contributed by atoms with Crippen LogP contribution in [0.5, 0.6) is 5.75 Å². The third-order valence-electron chi connectivity index (χ3n) is 4.22. The lowest BCUT2D eigenvalue weighted by Crippen LogP contribution is -2.38. The average Bonchev–Trinajstić information content (AvgIpc) is 2.60. The van der Waals surface area contributed by atoms with Crippen molar-refractivity contribution in [3.8, 4) is 5.75 Å². The molecule has 1 N–H and O–H groups in total. The maximum absolute atomic E-state index is 5.20. The zero-order valence-electron chi connectivity index (χ0n) is 16.7. The van der Waals surface area contributed by atoms with Crippen LogP contribution in [0.4, 0.5) is 0 Å². The van der Waals surface area contributed by atoms with Gasteiger partial charge in [-0.05, 0) is 51.2 Å². The molecule has 1 rings (SSSR count). The van der Waals surface area contributed by atoms with Gasteiger partial charge < -0.3 is 19.9 Å². The molecule has 142 valence electrons. The van der Waals surface area contributed by atoms with Crippen molar-refractivity contribution in [3.63, 3.8) is 0 Å². The number of benzene rings is 1. The minimum atomic E-state index is 0.828. The van der Waals surface area contributed by atoms with E-state index in [2.05, 4.69) is 53.4 Å². The Hall–Kier alpha value is -1.75. The summed E-state index contributed by atoms with van der Waals surface area (Å²) in [5.41, 5.74) is 1.24. The Balaban J connectivity index is 2.22. The van der Waals surface area contributed by atoms with Crippen LogP contribution in [0.2, 0.25) is 0 Å². The molecule has 0 atom stereocenters. The minimum Gasteiger partial charge on any atom is -0.497 e. The van der Waals surface area contributed by atoms with Crippen LogP contribution in [0.15, 0.2) is 29.3 Å². The highest BCUT2D eigenvalue weighted by atomic mass is 16.5. The number of aliphatic imine (C=N–C) groups is 1. The summed E-state index contributed by atoms with van der Waals surface area (Å²) in [6.07, 6.45) is 6.41. The number of unbranched alkanes of at least 4 members (excludes halogenated alkanes) is 4. The molecule has 0 aliphatic rings. The SMILES string of the molecule is CN=C(NCCCCCCCN(C)C)N(C)Cc1ccc(OC)cc1. The molecule has 0 aromatic heterocycles. The maximum Gasteiger partial charge on any atom is 0.193 e. The van der Waals surface area contributed by atoms with E-state index in [9.17, 15) is 0 Å². The first-order valence-corrected chi connectivity index (χ1v) is 9.26. The zero-order chi connectivity index (χ0) is 18.5. The first-order valence-electron chi connectivity index (χ1n) is 9.26. The van der Waals surface area contributed by atoms with Crippen LogP contribution in [-0.4, -0.2) is 64.1 Å². The Morgan fingerprint density at radius 3 is 2.24 bits per heavy atom. The highest BCUT2D eigenvalue weighted by molar-refractivity contribution is 5.79. The predicted molar refractivity (Wildman–Crippen MR) is 107 cm³/mol. The topological polar surface area (TPSA) is 40.1 Å². The van der Waals surface area contributed by atoms with E-state index < -0.39 is 0 Å². The molecule has 0 radical (unpaired) electrons. The number of nitrogens with zero attached hydrogens (tertiary/aromatic N) is 3. The number of guanidine groups is 1. The second-order valence-corrected chi connectivity index (χ2v) is 6.75. The molecule has 0 heterocycles. The smallest absolute Gasteiger partial charge is 0.193 e. The van der Waals surface area contributed by atoms with E-state index in [4.69, 9.17) is 4.74 Å². The van der Waals surface area contributed by atoms with Crippen molar-refractivity contribution in [2.75, 3.05) is 48.4 Å². The molecule has 1 aromatic carbocycles. The fourth-order valence-electron chi connectivity index (χ4n) is 2.75. The van der Waals surface area contributed by atoms with Gasteiger partial charge in [0, 0.05) is 27.2 Å².